The Morgan fingerprint density at radius 1 is 1.25 bits per heavy atom. The van der Waals surface area contributed by atoms with Crippen molar-refractivity contribution in [2.45, 2.75) is 32.7 Å². The minimum absolute atomic E-state index is 0.388. The maximum absolute atomic E-state index is 5.89. The van der Waals surface area contributed by atoms with Crippen molar-refractivity contribution in [2.24, 2.45) is 0 Å². The van der Waals surface area contributed by atoms with Crippen molar-refractivity contribution in [3.63, 3.8) is 0 Å². The van der Waals surface area contributed by atoms with E-state index in [2.05, 4.69) is 31.3 Å². The lowest BCUT2D eigenvalue weighted by atomic mass is 10.00. The largest absolute Gasteiger partial charge is 0.461 e. The van der Waals surface area contributed by atoms with E-state index in [1.807, 2.05) is 19.2 Å². The van der Waals surface area contributed by atoms with E-state index < -0.39 is 0 Å². The molecule has 0 aliphatic carbocycles. The van der Waals surface area contributed by atoms with Crippen LogP contribution in [-0.2, 0) is 6.42 Å². The third-order valence-electron chi connectivity index (χ3n) is 3.14. The Labute approximate surface area is 96.6 Å². The second kappa shape index (κ2) is 4.71. The van der Waals surface area contributed by atoms with Gasteiger partial charge in [-0.05, 0) is 19.5 Å². The lowest BCUT2D eigenvalue weighted by molar-refractivity contribution is 0.516. The predicted octanol–water partition coefficient (Wildman–Crippen LogP) is 3.67. The molecule has 1 heterocycles. The number of aryl methyl sites for hydroxylation is 1. The molecule has 0 bridgehead atoms. The molecule has 16 heavy (non-hydrogen) atoms. The van der Waals surface area contributed by atoms with Crippen LogP contribution < -0.4 is 5.32 Å². The Hall–Kier alpha value is -1.28. The molecule has 86 valence electrons. The molecule has 0 radical (unpaired) electrons. The molecule has 0 amide bonds. The smallest absolute Gasteiger partial charge is 0.134 e. The van der Waals surface area contributed by atoms with Gasteiger partial charge in [-0.25, -0.2) is 0 Å². The average molecular weight is 217 g/mol. The van der Waals surface area contributed by atoms with Gasteiger partial charge in [-0.15, -0.1) is 0 Å². The molecule has 2 heteroatoms. The second-order valence-corrected chi connectivity index (χ2v) is 4.04. The third-order valence-corrected chi connectivity index (χ3v) is 3.14. The summed E-state index contributed by atoms with van der Waals surface area (Å²) in [4.78, 5) is 0. The topological polar surface area (TPSA) is 25.2 Å². The highest BCUT2D eigenvalue weighted by molar-refractivity contribution is 5.82. The van der Waals surface area contributed by atoms with Crippen LogP contribution in [0.25, 0.3) is 11.0 Å². The monoisotopic (exact) mass is 217 g/mol. The van der Waals surface area contributed by atoms with Crippen LogP contribution in [-0.4, -0.2) is 7.05 Å². The molecular weight excluding hydrogens is 198 g/mol. The maximum Gasteiger partial charge on any atom is 0.134 e. The number of hydrogen-bond donors (Lipinski definition) is 1. The Balaban J connectivity index is 2.63. The van der Waals surface area contributed by atoms with Crippen molar-refractivity contribution in [3.05, 3.63) is 35.6 Å². The van der Waals surface area contributed by atoms with Crippen LogP contribution in [0.4, 0.5) is 0 Å². The van der Waals surface area contributed by atoms with E-state index in [9.17, 15) is 0 Å². The van der Waals surface area contributed by atoms with E-state index >= 15 is 0 Å². The molecule has 0 aliphatic heterocycles. The van der Waals surface area contributed by atoms with Gasteiger partial charge >= 0.3 is 0 Å². The standard InChI is InChI=1S/C14H19NO/c1-4-11(15-3)14-10-8-6-7-9-13(10)16-12(14)5-2/h6-9,11,15H,4-5H2,1-3H3. The van der Waals surface area contributed by atoms with E-state index in [0.29, 0.717) is 6.04 Å². The zero-order valence-electron chi connectivity index (χ0n) is 10.2. The highest BCUT2D eigenvalue weighted by atomic mass is 16.3. The Morgan fingerprint density at radius 3 is 2.62 bits per heavy atom. The van der Waals surface area contributed by atoms with Gasteiger partial charge in [-0.2, -0.15) is 0 Å². The van der Waals surface area contributed by atoms with Crippen LogP contribution >= 0.6 is 0 Å². The van der Waals surface area contributed by atoms with Crippen LogP contribution in [0.1, 0.15) is 37.6 Å². The number of para-hydroxylation sites is 1. The fraction of sp³-hybridized carbons (Fsp3) is 0.429. The van der Waals surface area contributed by atoms with Gasteiger partial charge in [0.25, 0.3) is 0 Å². The van der Waals surface area contributed by atoms with Crippen molar-refractivity contribution in [1.82, 2.24) is 5.32 Å². The van der Waals surface area contributed by atoms with Crippen LogP contribution in [0.5, 0.6) is 0 Å². The van der Waals surface area contributed by atoms with Gasteiger partial charge < -0.3 is 9.73 Å². The first-order chi connectivity index (χ1) is 7.81. The maximum atomic E-state index is 5.89. The van der Waals surface area contributed by atoms with Gasteiger partial charge in [0.2, 0.25) is 0 Å². The van der Waals surface area contributed by atoms with Gasteiger partial charge in [-0.3, -0.25) is 0 Å². The summed E-state index contributed by atoms with van der Waals surface area (Å²) >= 11 is 0. The molecule has 1 aromatic heterocycles. The number of fused-ring (bicyclic) bond motifs is 1. The van der Waals surface area contributed by atoms with E-state index in [0.717, 1.165) is 24.2 Å². The number of rotatable bonds is 4. The quantitative estimate of drug-likeness (QED) is 0.845. The van der Waals surface area contributed by atoms with Crippen molar-refractivity contribution in [2.75, 3.05) is 7.05 Å². The van der Waals surface area contributed by atoms with E-state index in [1.54, 1.807) is 0 Å². The molecular formula is C14H19NO. The number of furan rings is 1. The molecule has 0 fully saturated rings. The van der Waals surface area contributed by atoms with Crippen LogP contribution in [0.2, 0.25) is 0 Å². The first-order valence-electron chi connectivity index (χ1n) is 5.99. The summed E-state index contributed by atoms with van der Waals surface area (Å²) < 4.78 is 5.89. The lowest BCUT2D eigenvalue weighted by Gasteiger charge is -2.14. The van der Waals surface area contributed by atoms with Crippen molar-refractivity contribution in [3.8, 4) is 0 Å². The van der Waals surface area contributed by atoms with Crippen LogP contribution in [0, 0.1) is 0 Å². The molecule has 0 saturated carbocycles. The zero-order valence-corrected chi connectivity index (χ0v) is 10.2. The highest BCUT2D eigenvalue weighted by Crippen LogP contribution is 2.32. The highest BCUT2D eigenvalue weighted by Gasteiger charge is 2.18. The molecule has 1 atom stereocenters. The van der Waals surface area contributed by atoms with E-state index in [-0.39, 0.29) is 0 Å². The van der Waals surface area contributed by atoms with Gasteiger partial charge in [0, 0.05) is 23.4 Å². The Morgan fingerprint density at radius 2 is 2.00 bits per heavy atom. The molecule has 0 saturated heterocycles. The fourth-order valence-electron chi connectivity index (χ4n) is 2.31. The summed E-state index contributed by atoms with van der Waals surface area (Å²) in [5, 5.41) is 4.61. The van der Waals surface area contributed by atoms with Crippen molar-refractivity contribution in [1.29, 1.82) is 0 Å². The number of hydrogen-bond acceptors (Lipinski definition) is 2. The van der Waals surface area contributed by atoms with Gasteiger partial charge in [0.15, 0.2) is 0 Å². The molecule has 1 N–H and O–H groups in total. The molecule has 1 aromatic carbocycles. The summed E-state index contributed by atoms with van der Waals surface area (Å²) in [5.74, 6) is 1.11. The minimum Gasteiger partial charge on any atom is -0.461 e. The lowest BCUT2D eigenvalue weighted by Crippen LogP contribution is -2.16. The first-order valence-corrected chi connectivity index (χ1v) is 5.99. The second-order valence-electron chi connectivity index (χ2n) is 4.04. The summed E-state index contributed by atoms with van der Waals surface area (Å²) in [6, 6.07) is 8.67. The number of nitrogens with one attached hydrogen (secondary N) is 1. The van der Waals surface area contributed by atoms with E-state index in [1.165, 1.54) is 10.9 Å². The molecule has 2 aromatic rings. The summed E-state index contributed by atoms with van der Waals surface area (Å²) in [6.45, 7) is 4.34. The van der Waals surface area contributed by atoms with Gasteiger partial charge in [0.05, 0.1) is 0 Å². The Kier molecular flexibility index (Phi) is 3.30. The van der Waals surface area contributed by atoms with Crippen molar-refractivity contribution >= 4 is 11.0 Å². The minimum atomic E-state index is 0.388. The summed E-state index contributed by atoms with van der Waals surface area (Å²) in [7, 11) is 2.01. The van der Waals surface area contributed by atoms with E-state index in [4.69, 9.17) is 4.42 Å². The molecule has 2 rings (SSSR count). The Bertz CT molecular complexity index is 469. The van der Waals surface area contributed by atoms with Gasteiger partial charge in [0.1, 0.15) is 11.3 Å². The predicted molar refractivity (Wildman–Crippen MR) is 67.7 cm³/mol. The third kappa shape index (κ3) is 1.74. The van der Waals surface area contributed by atoms with Gasteiger partial charge in [-0.1, -0.05) is 32.0 Å². The van der Waals surface area contributed by atoms with Crippen molar-refractivity contribution < 1.29 is 4.42 Å². The zero-order chi connectivity index (χ0) is 11.5. The summed E-state index contributed by atoms with van der Waals surface area (Å²) in [5.41, 5.74) is 2.34. The molecule has 1 unspecified atom stereocenters. The SMILES string of the molecule is CCc1oc2ccccc2c1C(CC)NC. The average Bonchev–Trinajstić information content (AvgIpc) is 2.70. The normalized spacial score (nSPS) is 13.2. The first kappa shape index (κ1) is 11.2. The fourth-order valence-corrected chi connectivity index (χ4v) is 2.31. The molecule has 0 aliphatic rings. The molecule has 2 nitrogen and oxygen atoms in total. The molecule has 0 spiro atoms. The van der Waals surface area contributed by atoms with Crippen LogP contribution in [0.3, 0.4) is 0 Å². The summed E-state index contributed by atoms with van der Waals surface area (Å²) in [6.07, 6.45) is 2.02. The van der Waals surface area contributed by atoms with Crippen LogP contribution in [0.15, 0.2) is 28.7 Å². The number of benzene rings is 1.